The Bertz CT molecular complexity index is 577. The predicted molar refractivity (Wildman–Crippen MR) is 54.3 cm³/mol. The first-order chi connectivity index (χ1) is 7.20. The minimum Gasteiger partial charge on any atom is -0.379 e. The Labute approximate surface area is 83.3 Å². The predicted octanol–water partition coefficient (Wildman–Crippen LogP) is -0.531. The fourth-order valence-electron chi connectivity index (χ4n) is 1.13. The van der Waals surface area contributed by atoms with E-state index in [1.54, 1.807) is 12.1 Å². The number of anilines is 2. The second kappa shape index (κ2) is 3.37. The molecule has 0 fully saturated rings. The van der Waals surface area contributed by atoms with Gasteiger partial charge in [0.25, 0.3) is 5.56 Å². The molecule has 7 heteroatoms. The molecule has 2 heterocycles. The first-order valence-electron chi connectivity index (χ1n) is 4.07. The van der Waals surface area contributed by atoms with Crippen molar-refractivity contribution < 1.29 is 4.79 Å². The summed E-state index contributed by atoms with van der Waals surface area (Å²) >= 11 is 0. The van der Waals surface area contributed by atoms with Gasteiger partial charge in [-0.25, -0.2) is 9.97 Å². The van der Waals surface area contributed by atoms with Crippen LogP contribution in [0.25, 0.3) is 11.2 Å². The summed E-state index contributed by atoms with van der Waals surface area (Å²) < 4.78 is 0. The van der Waals surface area contributed by atoms with Crippen LogP contribution in [-0.4, -0.2) is 21.4 Å². The van der Waals surface area contributed by atoms with Crippen LogP contribution in [0.5, 0.6) is 0 Å². The maximum absolute atomic E-state index is 11.1. The number of nitrogen functional groups attached to an aromatic ring is 1. The van der Waals surface area contributed by atoms with Gasteiger partial charge in [0.15, 0.2) is 11.5 Å². The Morgan fingerprint density at radius 1 is 1.40 bits per heavy atom. The summed E-state index contributed by atoms with van der Waals surface area (Å²) in [4.78, 5) is 31.5. The lowest BCUT2D eigenvalue weighted by Crippen LogP contribution is -2.14. The third kappa shape index (κ3) is 1.62. The SMILES string of the molecule is Nc1nc2ccc(NC=O)nc2[nH]c1=O. The number of H-pyrrole nitrogens is 1. The number of amides is 1. The number of nitrogens with zero attached hydrogens (tertiary/aromatic N) is 2. The Kier molecular flexibility index (Phi) is 2.05. The molecule has 0 aromatic carbocycles. The van der Waals surface area contributed by atoms with Gasteiger partial charge in [-0.1, -0.05) is 0 Å². The van der Waals surface area contributed by atoms with Crippen LogP contribution in [0.1, 0.15) is 0 Å². The third-order valence-corrected chi connectivity index (χ3v) is 1.79. The molecular formula is C8H7N5O2. The molecule has 4 N–H and O–H groups in total. The Morgan fingerprint density at radius 3 is 2.93 bits per heavy atom. The molecule has 0 saturated heterocycles. The van der Waals surface area contributed by atoms with Gasteiger partial charge < -0.3 is 16.0 Å². The third-order valence-electron chi connectivity index (χ3n) is 1.79. The van der Waals surface area contributed by atoms with E-state index in [1.807, 2.05) is 0 Å². The highest BCUT2D eigenvalue weighted by atomic mass is 16.1. The highest BCUT2D eigenvalue weighted by Crippen LogP contribution is 2.09. The maximum Gasteiger partial charge on any atom is 0.292 e. The lowest BCUT2D eigenvalue weighted by atomic mass is 10.4. The van der Waals surface area contributed by atoms with Crippen LogP contribution in [0.4, 0.5) is 11.6 Å². The molecule has 2 rings (SSSR count). The number of carbonyl (C=O) groups excluding carboxylic acids is 1. The van der Waals surface area contributed by atoms with E-state index >= 15 is 0 Å². The van der Waals surface area contributed by atoms with Crippen LogP contribution in [0.3, 0.4) is 0 Å². The number of nitrogens with two attached hydrogens (primary N) is 1. The fraction of sp³-hybridized carbons (Fsp3) is 0. The summed E-state index contributed by atoms with van der Waals surface area (Å²) in [6.07, 6.45) is 0.497. The number of hydrogen-bond acceptors (Lipinski definition) is 5. The van der Waals surface area contributed by atoms with Crippen molar-refractivity contribution in [1.82, 2.24) is 15.0 Å². The summed E-state index contributed by atoms with van der Waals surface area (Å²) in [5.74, 6) is 0.222. The number of nitrogens with one attached hydrogen (secondary N) is 2. The molecular weight excluding hydrogens is 198 g/mol. The molecule has 2 aromatic rings. The van der Waals surface area contributed by atoms with E-state index in [1.165, 1.54) is 0 Å². The quantitative estimate of drug-likeness (QED) is 0.570. The molecule has 0 saturated carbocycles. The molecule has 1 amide bonds. The smallest absolute Gasteiger partial charge is 0.292 e. The van der Waals surface area contributed by atoms with Crippen LogP contribution >= 0.6 is 0 Å². The molecule has 0 radical (unpaired) electrons. The van der Waals surface area contributed by atoms with Gasteiger partial charge in [-0.3, -0.25) is 9.59 Å². The maximum atomic E-state index is 11.1. The van der Waals surface area contributed by atoms with Crippen molar-refractivity contribution in [2.75, 3.05) is 11.1 Å². The van der Waals surface area contributed by atoms with Crippen molar-refractivity contribution in [2.24, 2.45) is 0 Å². The highest BCUT2D eigenvalue weighted by molar-refractivity contribution is 5.76. The Balaban J connectivity index is 2.66. The Hall–Kier alpha value is -2.44. The van der Waals surface area contributed by atoms with E-state index in [0.29, 0.717) is 17.7 Å². The van der Waals surface area contributed by atoms with Crippen molar-refractivity contribution in [2.45, 2.75) is 0 Å². The molecule has 0 atom stereocenters. The molecule has 76 valence electrons. The number of fused-ring (bicyclic) bond motifs is 1. The molecule has 0 unspecified atom stereocenters. The average Bonchev–Trinajstić information content (AvgIpc) is 2.21. The van der Waals surface area contributed by atoms with Gasteiger partial charge in [0.1, 0.15) is 11.3 Å². The minimum atomic E-state index is -0.502. The van der Waals surface area contributed by atoms with Crippen LogP contribution in [0, 0.1) is 0 Å². The first-order valence-corrected chi connectivity index (χ1v) is 4.07. The van der Waals surface area contributed by atoms with Crippen LogP contribution < -0.4 is 16.6 Å². The fourth-order valence-corrected chi connectivity index (χ4v) is 1.13. The Morgan fingerprint density at radius 2 is 2.20 bits per heavy atom. The van der Waals surface area contributed by atoms with E-state index in [4.69, 9.17) is 5.73 Å². The number of carbonyl (C=O) groups is 1. The van der Waals surface area contributed by atoms with Crippen LogP contribution in [0.2, 0.25) is 0 Å². The van der Waals surface area contributed by atoms with Gasteiger partial charge in [0, 0.05) is 0 Å². The molecule has 2 aromatic heterocycles. The average molecular weight is 205 g/mol. The van der Waals surface area contributed by atoms with Gasteiger partial charge in [0.05, 0.1) is 0 Å². The summed E-state index contributed by atoms with van der Waals surface area (Å²) in [6.45, 7) is 0. The van der Waals surface area contributed by atoms with E-state index in [2.05, 4.69) is 20.3 Å². The van der Waals surface area contributed by atoms with Crippen molar-refractivity contribution in [3.63, 3.8) is 0 Å². The van der Waals surface area contributed by atoms with E-state index in [-0.39, 0.29) is 11.5 Å². The van der Waals surface area contributed by atoms with E-state index in [0.717, 1.165) is 0 Å². The van der Waals surface area contributed by atoms with Crippen LogP contribution in [0.15, 0.2) is 16.9 Å². The molecule has 0 bridgehead atoms. The second-order valence-electron chi connectivity index (χ2n) is 2.78. The van der Waals surface area contributed by atoms with Gasteiger partial charge in [0.2, 0.25) is 6.41 Å². The zero-order valence-corrected chi connectivity index (χ0v) is 7.52. The molecule has 0 aliphatic carbocycles. The standard InChI is InChI=1S/C8H7N5O2/c9-6-8(15)13-7-4(11-6)1-2-5(12-7)10-3-14/h1-3H,(H2,9,11)(H2,10,12,13,14,15). The van der Waals surface area contributed by atoms with Crippen molar-refractivity contribution >= 4 is 29.2 Å². The number of aromatic nitrogens is 3. The van der Waals surface area contributed by atoms with Gasteiger partial charge >= 0.3 is 0 Å². The minimum absolute atomic E-state index is 0.111. The van der Waals surface area contributed by atoms with Crippen molar-refractivity contribution in [1.29, 1.82) is 0 Å². The first kappa shape index (κ1) is 9.13. The molecule has 15 heavy (non-hydrogen) atoms. The van der Waals surface area contributed by atoms with Gasteiger partial charge in [-0.05, 0) is 12.1 Å². The van der Waals surface area contributed by atoms with Gasteiger partial charge in [-0.2, -0.15) is 0 Å². The lowest BCUT2D eigenvalue weighted by molar-refractivity contribution is -0.105. The molecule has 0 aliphatic heterocycles. The summed E-state index contributed by atoms with van der Waals surface area (Å²) in [5.41, 5.74) is 5.57. The number of rotatable bonds is 2. The van der Waals surface area contributed by atoms with Crippen LogP contribution in [-0.2, 0) is 4.79 Å². The number of pyridine rings is 1. The topological polar surface area (TPSA) is 114 Å². The van der Waals surface area contributed by atoms with Crippen molar-refractivity contribution in [3.05, 3.63) is 22.5 Å². The highest BCUT2D eigenvalue weighted by Gasteiger charge is 2.02. The van der Waals surface area contributed by atoms with Crippen molar-refractivity contribution in [3.8, 4) is 0 Å². The zero-order chi connectivity index (χ0) is 10.8. The normalized spacial score (nSPS) is 10.1. The monoisotopic (exact) mass is 205 g/mol. The second-order valence-corrected chi connectivity index (χ2v) is 2.78. The van der Waals surface area contributed by atoms with E-state index in [9.17, 15) is 9.59 Å². The summed E-state index contributed by atoms with van der Waals surface area (Å²) in [5, 5.41) is 2.36. The van der Waals surface area contributed by atoms with Gasteiger partial charge in [-0.15, -0.1) is 0 Å². The summed E-state index contributed by atoms with van der Waals surface area (Å²) in [6, 6.07) is 3.15. The molecule has 0 aliphatic rings. The summed E-state index contributed by atoms with van der Waals surface area (Å²) in [7, 11) is 0. The number of hydrogen-bond donors (Lipinski definition) is 3. The largest absolute Gasteiger partial charge is 0.379 e. The van der Waals surface area contributed by atoms with E-state index < -0.39 is 5.56 Å². The zero-order valence-electron chi connectivity index (χ0n) is 7.52. The molecule has 0 spiro atoms. The number of aromatic amines is 1. The lowest BCUT2D eigenvalue weighted by Gasteiger charge is -2.00. The molecule has 7 nitrogen and oxygen atoms in total.